The van der Waals surface area contributed by atoms with Crippen molar-refractivity contribution in [2.45, 2.75) is 5.03 Å². The summed E-state index contributed by atoms with van der Waals surface area (Å²) in [6, 6.07) is 7.50. The molecule has 0 aliphatic carbocycles. The molecule has 2 heterocycles. The van der Waals surface area contributed by atoms with E-state index in [9.17, 15) is 8.60 Å². The molecule has 1 atom stereocenters. The van der Waals surface area contributed by atoms with Gasteiger partial charge in [0.1, 0.15) is 22.9 Å². The molecule has 25 heavy (non-hydrogen) atoms. The average Bonchev–Trinajstić information content (AvgIpc) is 2.62. The van der Waals surface area contributed by atoms with Gasteiger partial charge in [0.15, 0.2) is 5.82 Å². The van der Waals surface area contributed by atoms with Gasteiger partial charge in [-0.1, -0.05) is 0 Å². The third-order valence-electron chi connectivity index (χ3n) is 3.26. The first-order chi connectivity index (χ1) is 12.1. The lowest BCUT2D eigenvalue weighted by Gasteiger charge is -2.09. The molecule has 0 bridgehead atoms. The van der Waals surface area contributed by atoms with Crippen molar-refractivity contribution in [3.63, 3.8) is 0 Å². The van der Waals surface area contributed by atoms with E-state index in [1.54, 1.807) is 30.7 Å². The molecule has 0 saturated carbocycles. The minimum Gasteiger partial charge on any atom is -0.496 e. The van der Waals surface area contributed by atoms with Crippen molar-refractivity contribution in [3.8, 4) is 17.1 Å². The first-order valence-electron chi connectivity index (χ1n) is 7.16. The van der Waals surface area contributed by atoms with E-state index in [2.05, 4.69) is 25.3 Å². The fraction of sp³-hybridized carbons (Fsp3) is 0.125. The minimum atomic E-state index is -1.14. The summed E-state index contributed by atoms with van der Waals surface area (Å²) in [7, 11) is 0.305. The summed E-state index contributed by atoms with van der Waals surface area (Å²) in [6.07, 6.45) is 4.44. The van der Waals surface area contributed by atoms with Crippen LogP contribution in [0.4, 0.5) is 16.0 Å². The lowest BCUT2D eigenvalue weighted by molar-refractivity contribution is 0.412. The van der Waals surface area contributed by atoms with Crippen molar-refractivity contribution >= 4 is 22.4 Å². The third-order valence-corrected chi connectivity index (χ3v) is 4.09. The van der Waals surface area contributed by atoms with Crippen LogP contribution in [-0.4, -0.2) is 37.5 Å². The van der Waals surface area contributed by atoms with E-state index < -0.39 is 16.6 Å². The Morgan fingerprint density at radius 2 is 2.00 bits per heavy atom. The summed E-state index contributed by atoms with van der Waals surface area (Å²) in [5.74, 6) is 0.554. The molecule has 2 aromatic heterocycles. The molecule has 9 heteroatoms. The van der Waals surface area contributed by atoms with Crippen LogP contribution >= 0.6 is 0 Å². The Morgan fingerprint density at radius 1 is 1.16 bits per heavy atom. The molecule has 0 saturated heterocycles. The fourth-order valence-corrected chi connectivity index (χ4v) is 2.55. The number of nitrogens with zero attached hydrogens (tertiary/aromatic N) is 4. The predicted molar refractivity (Wildman–Crippen MR) is 91.6 cm³/mol. The van der Waals surface area contributed by atoms with Crippen molar-refractivity contribution in [1.29, 1.82) is 0 Å². The first-order valence-corrected chi connectivity index (χ1v) is 8.72. The summed E-state index contributed by atoms with van der Waals surface area (Å²) < 4.78 is 29.9. The van der Waals surface area contributed by atoms with Gasteiger partial charge in [0.2, 0.25) is 5.95 Å². The fourth-order valence-electron chi connectivity index (χ4n) is 2.09. The van der Waals surface area contributed by atoms with Crippen LogP contribution in [0.1, 0.15) is 0 Å². The van der Waals surface area contributed by atoms with Crippen LogP contribution in [0.5, 0.6) is 5.75 Å². The monoisotopic (exact) mass is 359 g/mol. The normalized spacial score (nSPS) is 11.8. The summed E-state index contributed by atoms with van der Waals surface area (Å²) in [4.78, 5) is 16.6. The second-order valence-electron chi connectivity index (χ2n) is 4.94. The van der Waals surface area contributed by atoms with Gasteiger partial charge in [-0.25, -0.2) is 19.3 Å². The molecule has 0 radical (unpaired) electrons. The number of halogens is 1. The molecule has 0 aliphatic heterocycles. The molecule has 3 aromatic rings. The Morgan fingerprint density at radius 3 is 2.68 bits per heavy atom. The second kappa shape index (κ2) is 7.31. The number of rotatable bonds is 5. The molecule has 1 unspecified atom stereocenters. The number of benzene rings is 1. The maximum Gasteiger partial charge on any atom is 0.230 e. The van der Waals surface area contributed by atoms with Gasteiger partial charge in [0.05, 0.1) is 35.4 Å². The molecular weight excluding hydrogens is 345 g/mol. The molecule has 0 fully saturated rings. The number of hydrogen-bond donors (Lipinski definition) is 1. The van der Waals surface area contributed by atoms with E-state index in [1.165, 1.54) is 25.6 Å². The predicted octanol–water partition coefficient (Wildman–Crippen LogP) is 2.56. The molecule has 1 N–H and O–H groups in total. The lowest BCUT2D eigenvalue weighted by atomic mass is 10.2. The molecule has 0 amide bonds. The van der Waals surface area contributed by atoms with E-state index >= 15 is 0 Å². The highest BCUT2D eigenvalue weighted by Crippen LogP contribution is 2.28. The maximum absolute atomic E-state index is 13.3. The number of pyridine rings is 1. The highest BCUT2D eigenvalue weighted by Gasteiger charge is 2.11. The Kier molecular flexibility index (Phi) is 4.94. The van der Waals surface area contributed by atoms with E-state index in [-0.39, 0.29) is 0 Å². The van der Waals surface area contributed by atoms with E-state index in [4.69, 9.17) is 4.74 Å². The zero-order valence-electron chi connectivity index (χ0n) is 13.4. The smallest absolute Gasteiger partial charge is 0.230 e. The Bertz CT molecular complexity index is 921. The number of anilines is 2. The van der Waals surface area contributed by atoms with Crippen LogP contribution in [0.3, 0.4) is 0 Å². The lowest BCUT2D eigenvalue weighted by Crippen LogP contribution is -2.02. The van der Waals surface area contributed by atoms with Gasteiger partial charge in [0.25, 0.3) is 0 Å². The summed E-state index contributed by atoms with van der Waals surface area (Å²) in [6.45, 7) is 0. The largest absolute Gasteiger partial charge is 0.496 e. The Balaban J connectivity index is 1.88. The van der Waals surface area contributed by atoms with Gasteiger partial charge >= 0.3 is 0 Å². The van der Waals surface area contributed by atoms with Crippen LogP contribution in [0.2, 0.25) is 0 Å². The number of hydrogen-bond acceptors (Lipinski definition) is 7. The first kappa shape index (κ1) is 16.9. The summed E-state index contributed by atoms with van der Waals surface area (Å²) >= 11 is 0. The SMILES string of the molecule is COc1cc(F)ccc1-c1ncnc(Nc2ccc(S(C)=O)nc2)n1. The zero-order valence-corrected chi connectivity index (χ0v) is 14.2. The molecule has 7 nitrogen and oxygen atoms in total. The van der Waals surface area contributed by atoms with Gasteiger partial charge in [0, 0.05) is 12.3 Å². The van der Waals surface area contributed by atoms with Gasteiger partial charge < -0.3 is 10.1 Å². The molecule has 128 valence electrons. The van der Waals surface area contributed by atoms with Gasteiger partial charge in [-0.15, -0.1) is 0 Å². The standard InChI is InChI=1S/C16H14FN5O2S/c1-24-13-7-10(17)3-5-12(13)15-19-9-20-16(22-15)21-11-4-6-14(18-8-11)25(2)23/h3-9H,1-2H3,(H,19,20,21,22). The molecule has 3 rings (SSSR count). The van der Waals surface area contributed by atoms with Crippen LogP contribution in [0.25, 0.3) is 11.4 Å². The number of ether oxygens (including phenoxy) is 1. The molecule has 0 spiro atoms. The average molecular weight is 359 g/mol. The highest BCUT2D eigenvalue weighted by molar-refractivity contribution is 7.84. The van der Waals surface area contributed by atoms with Crippen LogP contribution in [0.15, 0.2) is 47.9 Å². The van der Waals surface area contributed by atoms with Crippen molar-refractivity contribution in [2.24, 2.45) is 0 Å². The van der Waals surface area contributed by atoms with E-state index in [0.29, 0.717) is 33.8 Å². The molecular formula is C16H14FN5O2S. The number of methoxy groups -OCH3 is 1. The summed E-state index contributed by atoms with van der Waals surface area (Å²) in [5.41, 5.74) is 1.18. The highest BCUT2D eigenvalue weighted by atomic mass is 32.2. The minimum absolute atomic E-state index is 0.295. The second-order valence-corrected chi connectivity index (χ2v) is 6.27. The van der Waals surface area contributed by atoms with Crippen molar-refractivity contribution < 1.29 is 13.3 Å². The van der Waals surface area contributed by atoms with Crippen LogP contribution < -0.4 is 10.1 Å². The number of nitrogens with one attached hydrogen (secondary N) is 1. The van der Waals surface area contributed by atoms with Gasteiger partial charge in [-0.2, -0.15) is 4.98 Å². The van der Waals surface area contributed by atoms with Crippen molar-refractivity contribution in [1.82, 2.24) is 19.9 Å². The van der Waals surface area contributed by atoms with Crippen LogP contribution in [0, 0.1) is 5.82 Å². The van der Waals surface area contributed by atoms with Crippen molar-refractivity contribution in [3.05, 3.63) is 48.7 Å². The summed E-state index contributed by atoms with van der Waals surface area (Å²) in [5, 5.41) is 3.47. The van der Waals surface area contributed by atoms with Gasteiger partial charge in [-0.3, -0.25) is 4.21 Å². The molecule has 1 aromatic carbocycles. The Labute approximate surface area is 145 Å². The maximum atomic E-state index is 13.3. The number of aromatic nitrogens is 4. The zero-order chi connectivity index (χ0) is 17.8. The van der Waals surface area contributed by atoms with E-state index in [0.717, 1.165) is 0 Å². The molecule has 0 aliphatic rings. The third kappa shape index (κ3) is 3.94. The Hall–Kier alpha value is -2.94. The quantitative estimate of drug-likeness (QED) is 0.749. The van der Waals surface area contributed by atoms with Crippen molar-refractivity contribution in [2.75, 3.05) is 18.7 Å². The van der Waals surface area contributed by atoms with Gasteiger partial charge in [-0.05, 0) is 24.3 Å². The topological polar surface area (TPSA) is 89.9 Å². The van der Waals surface area contributed by atoms with E-state index in [1.807, 2.05) is 0 Å². The van der Waals surface area contributed by atoms with Crippen LogP contribution in [-0.2, 0) is 10.8 Å².